The molecule has 5 nitrogen and oxygen atoms in total. The summed E-state index contributed by atoms with van der Waals surface area (Å²) < 4.78 is 24.5. The summed E-state index contributed by atoms with van der Waals surface area (Å²) in [6.45, 7) is 2.04. The first-order chi connectivity index (χ1) is 5.07. The molecule has 0 rings (SSSR count). The van der Waals surface area contributed by atoms with Crippen molar-refractivity contribution in [1.82, 2.24) is 0 Å². The maximum Gasteiger partial charge on any atom is 0.257 e. The van der Waals surface area contributed by atoms with Gasteiger partial charge >= 0.3 is 0 Å². The molecule has 2 atom stereocenters. The molecule has 6 heteroatoms. The molecule has 0 amide bonds. The quantitative estimate of drug-likeness (QED) is 0.454. The van der Waals surface area contributed by atoms with Gasteiger partial charge in [-0.3, -0.25) is 4.18 Å². The summed E-state index contributed by atoms with van der Waals surface area (Å²) >= 11 is 0. The van der Waals surface area contributed by atoms with Crippen molar-refractivity contribution < 1.29 is 12.6 Å². The highest BCUT2D eigenvalue weighted by atomic mass is 32.2. The average Bonchev–Trinajstić information content (AvgIpc) is 1.86. The van der Waals surface area contributed by atoms with Crippen molar-refractivity contribution >= 4 is 11.0 Å². The second-order valence-corrected chi connectivity index (χ2v) is 2.93. The van der Waals surface area contributed by atoms with Crippen molar-refractivity contribution in [2.75, 3.05) is 6.54 Å². The summed E-state index contributed by atoms with van der Waals surface area (Å²) in [7, 11) is -2.80. The van der Waals surface area contributed by atoms with Crippen LogP contribution in [0.4, 0.5) is 0 Å². The van der Waals surface area contributed by atoms with Crippen molar-refractivity contribution in [2.24, 2.45) is 11.5 Å². The molecule has 0 aliphatic heterocycles. The Kier molecular flexibility index (Phi) is 5.39. The summed E-state index contributed by atoms with van der Waals surface area (Å²) in [5, 5.41) is 0. The van der Waals surface area contributed by atoms with Crippen LogP contribution in [0.25, 0.3) is 0 Å². The largest absolute Gasteiger partial charge is 0.330 e. The minimum absolute atomic E-state index is 0.312. The van der Waals surface area contributed by atoms with E-state index in [1.54, 1.807) is 6.92 Å². The Bertz CT molecular complexity index is 163. The minimum Gasteiger partial charge on any atom is -0.330 e. The van der Waals surface area contributed by atoms with Gasteiger partial charge in [0.1, 0.15) is 0 Å². The lowest BCUT2D eigenvalue weighted by molar-refractivity contribution is 0.202. The fourth-order valence-corrected chi connectivity index (χ4v) is 1.07. The lowest BCUT2D eigenvalue weighted by Crippen LogP contribution is -2.36. The van der Waals surface area contributed by atoms with Gasteiger partial charge in [0, 0.05) is 6.04 Å². The van der Waals surface area contributed by atoms with Crippen LogP contribution in [0.5, 0.6) is 0 Å². The number of nitrogens with two attached hydrogens (primary N) is 2. The highest BCUT2D eigenvalue weighted by molar-refractivity contribution is 7.67. The monoisotopic (exact) mass is 182 g/mol. The number of hydrogen-bond acceptors (Lipinski definition) is 5. The molecule has 0 aliphatic rings. The molecule has 68 valence electrons. The molecule has 0 fully saturated rings. The lowest BCUT2D eigenvalue weighted by Gasteiger charge is -2.15. The van der Waals surface area contributed by atoms with E-state index in [1.165, 1.54) is 0 Å². The first kappa shape index (κ1) is 10.8. The fourth-order valence-electron chi connectivity index (χ4n) is 0.641. The van der Waals surface area contributed by atoms with E-state index in [-0.39, 0.29) is 6.04 Å². The summed E-state index contributed by atoms with van der Waals surface area (Å²) in [5.41, 5.74) is 10.7. The van der Waals surface area contributed by atoms with Gasteiger partial charge in [0.2, 0.25) is 0 Å². The Morgan fingerprint density at radius 3 is 2.45 bits per heavy atom. The van der Waals surface area contributed by atoms with Gasteiger partial charge < -0.3 is 11.5 Å². The van der Waals surface area contributed by atoms with Gasteiger partial charge in [-0.25, -0.2) is 8.42 Å². The zero-order valence-electron chi connectivity index (χ0n) is 6.40. The maximum atomic E-state index is 10.0. The maximum absolute atomic E-state index is 10.0. The Balaban J connectivity index is 3.71. The predicted molar refractivity (Wildman–Crippen MR) is 42.5 cm³/mol. The molecule has 0 saturated carbocycles. The summed E-state index contributed by atoms with van der Waals surface area (Å²) in [6, 6.07) is -0.312. The molecule has 0 bridgehead atoms. The second-order valence-electron chi connectivity index (χ2n) is 2.28. The van der Waals surface area contributed by atoms with Crippen LogP contribution in [-0.2, 0) is 15.2 Å². The van der Waals surface area contributed by atoms with E-state index < -0.39 is 17.1 Å². The molecule has 2 unspecified atom stereocenters. The molecule has 0 aromatic carbocycles. The van der Waals surface area contributed by atoms with Crippen molar-refractivity contribution in [2.45, 2.75) is 25.5 Å². The zero-order chi connectivity index (χ0) is 8.85. The standard InChI is InChI=1S/C5H14N2O3S/c1-4(10-11(8)9)5(7)2-3-6/h4-5,11H,2-3,6-7H2,1H3. The molecule has 0 saturated heterocycles. The molecule has 4 N–H and O–H groups in total. The number of rotatable bonds is 5. The smallest absolute Gasteiger partial charge is 0.257 e. The Morgan fingerprint density at radius 1 is 1.55 bits per heavy atom. The molecular weight excluding hydrogens is 168 g/mol. The van der Waals surface area contributed by atoms with Gasteiger partial charge in [-0.05, 0) is 19.9 Å². The van der Waals surface area contributed by atoms with Crippen LogP contribution in [-0.4, -0.2) is 27.1 Å². The molecule has 11 heavy (non-hydrogen) atoms. The van der Waals surface area contributed by atoms with E-state index in [4.69, 9.17) is 11.5 Å². The van der Waals surface area contributed by atoms with Crippen LogP contribution in [0.1, 0.15) is 13.3 Å². The third-order valence-electron chi connectivity index (χ3n) is 1.36. The van der Waals surface area contributed by atoms with Crippen molar-refractivity contribution in [3.63, 3.8) is 0 Å². The minimum atomic E-state index is -2.80. The summed E-state index contributed by atoms with van der Waals surface area (Å²) in [5.74, 6) is 0. The van der Waals surface area contributed by atoms with Crippen LogP contribution < -0.4 is 11.5 Å². The SMILES string of the molecule is CC(O[SH](=O)=O)C(N)CCN. The third-order valence-corrected chi connectivity index (χ3v) is 1.86. The summed E-state index contributed by atoms with van der Waals surface area (Å²) in [6.07, 6.45) is 0.0734. The van der Waals surface area contributed by atoms with Gasteiger partial charge in [0.05, 0.1) is 6.10 Å². The van der Waals surface area contributed by atoms with Gasteiger partial charge in [0.15, 0.2) is 0 Å². The average molecular weight is 182 g/mol. The van der Waals surface area contributed by atoms with Crippen LogP contribution in [0.2, 0.25) is 0 Å². The Hall–Kier alpha value is -0.170. The highest BCUT2D eigenvalue weighted by Crippen LogP contribution is 1.98. The predicted octanol–water partition coefficient (Wildman–Crippen LogP) is -1.41. The molecule has 0 heterocycles. The highest BCUT2D eigenvalue weighted by Gasteiger charge is 2.12. The Morgan fingerprint density at radius 2 is 2.09 bits per heavy atom. The normalized spacial score (nSPS) is 16.7. The van der Waals surface area contributed by atoms with Crippen LogP contribution >= 0.6 is 0 Å². The van der Waals surface area contributed by atoms with E-state index >= 15 is 0 Å². The van der Waals surface area contributed by atoms with Crippen molar-refractivity contribution in [1.29, 1.82) is 0 Å². The molecule has 0 aliphatic carbocycles. The van der Waals surface area contributed by atoms with Gasteiger partial charge in [0.25, 0.3) is 11.0 Å². The van der Waals surface area contributed by atoms with E-state index in [0.29, 0.717) is 13.0 Å². The van der Waals surface area contributed by atoms with Gasteiger partial charge in [-0.1, -0.05) is 0 Å². The van der Waals surface area contributed by atoms with E-state index in [1.807, 2.05) is 0 Å². The first-order valence-corrected chi connectivity index (χ1v) is 4.44. The van der Waals surface area contributed by atoms with Crippen molar-refractivity contribution in [3.05, 3.63) is 0 Å². The second kappa shape index (κ2) is 5.48. The number of thiol groups is 1. The molecule has 0 aromatic rings. The number of hydrogen-bond donors (Lipinski definition) is 3. The Labute approximate surface area is 67.9 Å². The van der Waals surface area contributed by atoms with E-state index in [0.717, 1.165) is 0 Å². The first-order valence-electron chi connectivity index (χ1n) is 3.34. The molecular formula is C5H14N2O3S. The third kappa shape index (κ3) is 5.14. The fraction of sp³-hybridized carbons (Fsp3) is 1.00. The van der Waals surface area contributed by atoms with Crippen LogP contribution in [0, 0.1) is 0 Å². The van der Waals surface area contributed by atoms with Crippen LogP contribution in [0.15, 0.2) is 0 Å². The van der Waals surface area contributed by atoms with Gasteiger partial charge in [-0.15, -0.1) is 0 Å². The topological polar surface area (TPSA) is 95.4 Å². The molecule has 0 aromatic heterocycles. The van der Waals surface area contributed by atoms with Crippen molar-refractivity contribution in [3.8, 4) is 0 Å². The zero-order valence-corrected chi connectivity index (χ0v) is 7.29. The molecule has 0 spiro atoms. The molecule has 0 radical (unpaired) electrons. The lowest BCUT2D eigenvalue weighted by atomic mass is 10.1. The van der Waals surface area contributed by atoms with E-state index in [2.05, 4.69) is 4.18 Å². The van der Waals surface area contributed by atoms with Crippen LogP contribution in [0.3, 0.4) is 0 Å². The van der Waals surface area contributed by atoms with Gasteiger partial charge in [-0.2, -0.15) is 0 Å². The summed E-state index contributed by atoms with van der Waals surface area (Å²) in [4.78, 5) is 0. The van der Waals surface area contributed by atoms with E-state index in [9.17, 15) is 8.42 Å².